The lowest BCUT2D eigenvalue weighted by molar-refractivity contribution is -0.153. The number of hydrogen-bond acceptors (Lipinski definition) is 3. The molecule has 4 nitrogen and oxygen atoms in total. The van der Waals surface area contributed by atoms with Crippen molar-refractivity contribution in [2.24, 2.45) is 0 Å². The van der Waals surface area contributed by atoms with E-state index in [0.29, 0.717) is 18.0 Å². The number of aryl methyl sites for hydroxylation is 2. The molecule has 0 aliphatic carbocycles. The van der Waals surface area contributed by atoms with Gasteiger partial charge in [-0.3, -0.25) is 0 Å². The minimum atomic E-state index is -0.944. The maximum atomic E-state index is 11.5. The van der Waals surface area contributed by atoms with E-state index in [1.54, 1.807) is 0 Å². The zero-order valence-electron chi connectivity index (χ0n) is 16.9. The van der Waals surface area contributed by atoms with Crippen LogP contribution in [0.1, 0.15) is 41.7 Å². The fraction of sp³-hybridized carbons (Fsp3) is 0.348. The number of carbonyl (C=O) groups is 1. The summed E-state index contributed by atoms with van der Waals surface area (Å²) in [6.07, 6.45) is -0.660. The highest BCUT2D eigenvalue weighted by molar-refractivity contribution is 6.30. The highest BCUT2D eigenvalue weighted by Gasteiger charge is 2.20. The summed E-state index contributed by atoms with van der Waals surface area (Å²) >= 11 is 6.03. The number of rotatable bonds is 9. The Hall–Kier alpha value is -2.30. The molecule has 28 heavy (non-hydrogen) atoms. The van der Waals surface area contributed by atoms with Crippen LogP contribution in [0.15, 0.2) is 43.0 Å². The van der Waals surface area contributed by atoms with E-state index in [9.17, 15) is 9.90 Å². The third kappa shape index (κ3) is 6.11. The number of halogens is 1. The van der Waals surface area contributed by atoms with Crippen molar-refractivity contribution in [3.8, 4) is 0 Å². The average molecular weight is 402 g/mol. The molecule has 0 heterocycles. The van der Waals surface area contributed by atoms with Crippen LogP contribution in [-0.4, -0.2) is 23.3 Å². The van der Waals surface area contributed by atoms with E-state index in [2.05, 4.69) is 11.9 Å². The Morgan fingerprint density at radius 1 is 1.18 bits per heavy atom. The molecule has 1 atom stereocenters. The molecule has 0 radical (unpaired) electrons. The second-order valence-corrected chi connectivity index (χ2v) is 7.70. The number of carboxylic acid groups (broad SMARTS) is 1. The van der Waals surface area contributed by atoms with E-state index >= 15 is 0 Å². The molecule has 150 valence electrons. The molecule has 0 amide bonds. The van der Waals surface area contributed by atoms with Crippen molar-refractivity contribution in [3.05, 3.63) is 75.8 Å². The van der Waals surface area contributed by atoms with Gasteiger partial charge in [-0.1, -0.05) is 42.4 Å². The zero-order valence-corrected chi connectivity index (χ0v) is 17.6. The van der Waals surface area contributed by atoms with Gasteiger partial charge >= 0.3 is 5.97 Å². The summed E-state index contributed by atoms with van der Waals surface area (Å²) in [6, 6.07) is 11.7. The molecular formula is C23H28ClNO3. The van der Waals surface area contributed by atoms with E-state index in [-0.39, 0.29) is 6.10 Å². The maximum Gasteiger partial charge on any atom is 0.333 e. The van der Waals surface area contributed by atoms with Crippen LogP contribution < -0.4 is 5.32 Å². The van der Waals surface area contributed by atoms with Gasteiger partial charge in [0.1, 0.15) is 0 Å². The second-order valence-electron chi connectivity index (χ2n) is 7.27. The van der Waals surface area contributed by atoms with Crippen LogP contribution in [0.25, 0.3) is 5.70 Å². The summed E-state index contributed by atoms with van der Waals surface area (Å²) in [4.78, 5) is 11.5. The van der Waals surface area contributed by atoms with Crippen LogP contribution in [0, 0.1) is 13.8 Å². The van der Waals surface area contributed by atoms with Crippen molar-refractivity contribution in [1.29, 1.82) is 0 Å². The van der Waals surface area contributed by atoms with Crippen molar-refractivity contribution in [3.63, 3.8) is 0 Å². The number of benzene rings is 2. The second kappa shape index (κ2) is 9.76. The first kappa shape index (κ1) is 22.0. The molecule has 0 aliphatic rings. The van der Waals surface area contributed by atoms with Gasteiger partial charge in [0.05, 0.1) is 6.10 Å². The minimum Gasteiger partial charge on any atom is -0.479 e. The van der Waals surface area contributed by atoms with Gasteiger partial charge in [-0.05, 0) is 67.6 Å². The Kier molecular flexibility index (Phi) is 7.67. The predicted molar refractivity (Wildman–Crippen MR) is 115 cm³/mol. The first-order valence-corrected chi connectivity index (χ1v) is 9.71. The van der Waals surface area contributed by atoms with Crippen molar-refractivity contribution in [1.82, 2.24) is 5.32 Å². The predicted octanol–water partition coefficient (Wildman–Crippen LogP) is 5.14. The van der Waals surface area contributed by atoms with Gasteiger partial charge in [-0.2, -0.15) is 0 Å². The van der Waals surface area contributed by atoms with Crippen molar-refractivity contribution in [2.75, 3.05) is 0 Å². The monoisotopic (exact) mass is 401 g/mol. The quantitative estimate of drug-likeness (QED) is 0.610. The fourth-order valence-electron chi connectivity index (χ4n) is 3.04. The minimum absolute atomic E-state index is 0.140. The molecule has 0 saturated heterocycles. The van der Waals surface area contributed by atoms with Gasteiger partial charge in [0.15, 0.2) is 6.10 Å². The Balaban J connectivity index is 2.10. The lowest BCUT2D eigenvalue weighted by Crippen LogP contribution is -2.29. The molecule has 2 aromatic carbocycles. The molecule has 0 bridgehead atoms. The highest BCUT2D eigenvalue weighted by Crippen LogP contribution is 2.21. The van der Waals surface area contributed by atoms with Gasteiger partial charge in [0.2, 0.25) is 0 Å². The molecule has 2 rings (SSSR count). The standard InChI is InChI=1S/C23H28ClNO3/c1-14(2)28-22(23(26)27)12-18-7-6-15(3)19(11-18)13-25-17(5)21-9-8-20(24)10-16(21)4/h6-11,14,22,25H,5,12-13H2,1-4H3,(H,26,27). The molecule has 5 heteroatoms. The lowest BCUT2D eigenvalue weighted by atomic mass is 10.0. The van der Waals surface area contributed by atoms with Crippen LogP contribution in [0.5, 0.6) is 0 Å². The molecule has 0 aliphatic heterocycles. The number of hydrogen-bond donors (Lipinski definition) is 2. The smallest absolute Gasteiger partial charge is 0.333 e. The SMILES string of the molecule is C=C(NCc1cc(CC(OC(C)C)C(=O)O)ccc1C)c1ccc(Cl)cc1C. The Bertz CT molecular complexity index is 861. The molecule has 0 saturated carbocycles. The zero-order chi connectivity index (χ0) is 20.8. The first-order valence-electron chi connectivity index (χ1n) is 9.33. The van der Waals surface area contributed by atoms with E-state index < -0.39 is 12.1 Å². The molecule has 0 aromatic heterocycles. The third-order valence-electron chi connectivity index (χ3n) is 4.55. The Morgan fingerprint density at radius 2 is 1.89 bits per heavy atom. The lowest BCUT2D eigenvalue weighted by Gasteiger charge is -2.18. The Morgan fingerprint density at radius 3 is 2.50 bits per heavy atom. The van der Waals surface area contributed by atoms with Crippen molar-refractivity contribution < 1.29 is 14.6 Å². The highest BCUT2D eigenvalue weighted by atomic mass is 35.5. The van der Waals surface area contributed by atoms with Crippen LogP contribution >= 0.6 is 11.6 Å². The van der Waals surface area contributed by atoms with Gasteiger partial charge in [-0.25, -0.2) is 4.79 Å². The maximum absolute atomic E-state index is 11.5. The van der Waals surface area contributed by atoms with Gasteiger partial charge in [0.25, 0.3) is 0 Å². The van der Waals surface area contributed by atoms with E-state index in [1.165, 1.54) is 0 Å². The fourth-order valence-corrected chi connectivity index (χ4v) is 3.27. The molecule has 1 unspecified atom stereocenters. The van der Waals surface area contributed by atoms with E-state index in [4.69, 9.17) is 16.3 Å². The number of nitrogens with one attached hydrogen (secondary N) is 1. The Labute approximate surface area is 172 Å². The summed E-state index contributed by atoms with van der Waals surface area (Å²) in [5.74, 6) is -0.944. The average Bonchev–Trinajstić information content (AvgIpc) is 2.60. The molecule has 2 aromatic rings. The molecule has 2 N–H and O–H groups in total. The summed E-state index contributed by atoms with van der Waals surface area (Å²) < 4.78 is 5.52. The summed E-state index contributed by atoms with van der Waals surface area (Å²) in [5.41, 5.74) is 6.07. The van der Waals surface area contributed by atoms with Gasteiger partial charge in [0, 0.05) is 23.7 Å². The largest absolute Gasteiger partial charge is 0.479 e. The summed E-state index contributed by atoms with van der Waals surface area (Å²) in [5, 5.41) is 13.5. The summed E-state index contributed by atoms with van der Waals surface area (Å²) in [7, 11) is 0. The van der Waals surface area contributed by atoms with Crippen LogP contribution in [-0.2, 0) is 22.5 Å². The van der Waals surface area contributed by atoms with E-state index in [1.807, 2.05) is 64.1 Å². The molecule has 0 spiro atoms. The van der Waals surface area contributed by atoms with Gasteiger partial charge in [-0.15, -0.1) is 0 Å². The van der Waals surface area contributed by atoms with Crippen LogP contribution in [0.3, 0.4) is 0 Å². The molecule has 0 fully saturated rings. The third-order valence-corrected chi connectivity index (χ3v) is 4.79. The van der Waals surface area contributed by atoms with E-state index in [0.717, 1.165) is 33.5 Å². The number of ether oxygens (including phenoxy) is 1. The van der Waals surface area contributed by atoms with Crippen LogP contribution in [0.4, 0.5) is 0 Å². The normalized spacial score (nSPS) is 12.1. The topological polar surface area (TPSA) is 58.6 Å². The number of carboxylic acids is 1. The van der Waals surface area contributed by atoms with Gasteiger partial charge < -0.3 is 15.2 Å². The number of aliphatic carboxylic acids is 1. The van der Waals surface area contributed by atoms with Crippen molar-refractivity contribution in [2.45, 2.75) is 52.9 Å². The molecular weight excluding hydrogens is 374 g/mol. The van der Waals surface area contributed by atoms with Crippen molar-refractivity contribution >= 4 is 23.3 Å². The first-order chi connectivity index (χ1) is 13.2. The van der Waals surface area contributed by atoms with Crippen LogP contribution in [0.2, 0.25) is 5.02 Å². The summed E-state index contributed by atoms with van der Waals surface area (Å²) in [6.45, 7) is 12.5.